The van der Waals surface area contributed by atoms with Gasteiger partial charge in [-0.1, -0.05) is 43.6 Å². The Morgan fingerprint density at radius 1 is 1.12 bits per heavy atom. The van der Waals surface area contributed by atoms with Crippen molar-refractivity contribution in [3.05, 3.63) is 59.6 Å². The SMILES string of the molecule is CC(C)CCNC(=O)C1(C)CN(S(=O)(=O)c2ccccc2)CC(=O)N1c1ccc(Cl)cc1. The monoisotopic (exact) mass is 477 g/mol. The number of rotatable bonds is 7. The highest BCUT2D eigenvalue weighted by molar-refractivity contribution is 7.89. The van der Waals surface area contributed by atoms with Gasteiger partial charge in [-0.05, 0) is 55.7 Å². The molecular formula is C23H28ClN3O4S. The minimum atomic E-state index is -3.96. The normalized spacial score (nSPS) is 19.9. The molecule has 2 amide bonds. The molecule has 1 N–H and O–H groups in total. The lowest BCUT2D eigenvalue weighted by Crippen LogP contribution is -2.70. The quantitative estimate of drug-likeness (QED) is 0.662. The zero-order valence-corrected chi connectivity index (χ0v) is 20.0. The van der Waals surface area contributed by atoms with Crippen molar-refractivity contribution in [1.82, 2.24) is 9.62 Å². The van der Waals surface area contributed by atoms with Gasteiger partial charge in [0.2, 0.25) is 21.8 Å². The lowest BCUT2D eigenvalue weighted by Gasteiger charge is -2.46. The summed E-state index contributed by atoms with van der Waals surface area (Å²) in [5, 5.41) is 3.38. The Morgan fingerprint density at radius 2 is 1.75 bits per heavy atom. The molecule has 1 aliphatic rings. The summed E-state index contributed by atoms with van der Waals surface area (Å²) in [6.07, 6.45) is 0.767. The lowest BCUT2D eigenvalue weighted by atomic mass is 9.94. The van der Waals surface area contributed by atoms with Crippen LogP contribution in [0.5, 0.6) is 0 Å². The summed E-state index contributed by atoms with van der Waals surface area (Å²) in [6, 6.07) is 14.5. The summed E-state index contributed by atoms with van der Waals surface area (Å²) in [7, 11) is -3.96. The number of anilines is 1. The first-order valence-corrected chi connectivity index (χ1v) is 12.3. The number of piperazine rings is 1. The molecule has 1 fully saturated rings. The third-order valence-corrected chi connectivity index (χ3v) is 7.56. The molecule has 1 saturated heterocycles. The maximum absolute atomic E-state index is 13.4. The van der Waals surface area contributed by atoms with Crippen molar-refractivity contribution in [1.29, 1.82) is 0 Å². The fraction of sp³-hybridized carbons (Fsp3) is 0.391. The van der Waals surface area contributed by atoms with E-state index in [1.54, 1.807) is 49.4 Å². The Morgan fingerprint density at radius 3 is 2.34 bits per heavy atom. The topological polar surface area (TPSA) is 86.8 Å². The van der Waals surface area contributed by atoms with Crippen LogP contribution in [0.1, 0.15) is 27.2 Å². The van der Waals surface area contributed by atoms with Gasteiger partial charge in [-0.15, -0.1) is 0 Å². The van der Waals surface area contributed by atoms with Gasteiger partial charge in [-0.2, -0.15) is 4.31 Å². The third kappa shape index (κ3) is 4.98. The first kappa shape index (κ1) is 24.2. The first-order valence-electron chi connectivity index (χ1n) is 10.5. The summed E-state index contributed by atoms with van der Waals surface area (Å²) >= 11 is 6.00. The molecule has 0 saturated carbocycles. The zero-order valence-electron chi connectivity index (χ0n) is 18.4. The van der Waals surface area contributed by atoms with Crippen LogP contribution < -0.4 is 10.2 Å². The van der Waals surface area contributed by atoms with Crippen LogP contribution in [0.4, 0.5) is 5.69 Å². The molecule has 9 heteroatoms. The summed E-state index contributed by atoms with van der Waals surface area (Å²) in [4.78, 5) is 28.1. The van der Waals surface area contributed by atoms with Crippen molar-refractivity contribution in [2.75, 3.05) is 24.5 Å². The average molecular weight is 478 g/mol. The van der Waals surface area contributed by atoms with E-state index in [2.05, 4.69) is 5.32 Å². The number of carbonyl (C=O) groups is 2. The molecule has 0 aliphatic carbocycles. The van der Waals surface area contributed by atoms with Gasteiger partial charge in [0.1, 0.15) is 5.54 Å². The Balaban J connectivity index is 1.99. The Hall–Kier alpha value is -2.42. The minimum absolute atomic E-state index is 0.0790. The van der Waals surface area contributed by atoms with Gasteiger partial charge >= 0.3 is 0 Å². The van der Waals surface area contributed by atoms with Crippen LogP contribution in [0.2, 0.25) is 5.02 Å². The molecule has 7 nitrogen and oxygen atoms in total. The molecule has 0 aromatic heterocycles. The molecule has 3 rings (SSSR count). The largest absolute Gasteiger partial charge is 0.354 e. The van der Waals surface area contributed by atoms with Crippen LogP contribution in [0, 0.1) is 5.92 Å². The van der Waals surface area contributed by atoms with E-state index in [1.807, 2.05) is 13.8 Å². The number of hydrogen-bond donors (Lipinski definition) is 1. The van der Waals surface area contributed by atoms with E-state index in [4.69, 9.17) is 11.6 Å². The summed E-state index contributed by atoms with van der Waals surface area (Å²) in [5.41, 5.74) is -0.959. The van der Waals surface area contributed by atoms with Gasteiger partial charge in [0.15, 0.2) is 0 Å². The third-order valence-electron chi connectivity index (χ3n) is 5.50. The highest BCUT2D eigenvalue weighted by atomic mass is 35.5. The van der Waals surface area contributed by atoms with E-state index in [-0.39, 0.29) is 18.0 Å². The number of nitrogens with zero attached hydrogens (tertiary/aromatic N) is 2. The molecule has 0 bridgehead atoms. The van der Waals surface area contributed by atoms with Crippen molar-refractivity contribution in [3.63, 3.8) is 0 Å². The second kappa shape index (κ2) is 9.60. The van der Waals surface area contributed by atoms with E-state index < -0.39 is 27.4 Å². The van der Waals surface area contributed by atoms with Gasteiger partial charge in [-0.3, -0.25) is 14.5 Å². The van der Waals surface area contributed by atoms with E-state index >= 15 is 0 Å². The standard InChI is InChI=1S/C23H28ClN3O4S/c1-17(2)13-14-25-22(29)23(3)16-26(32(30,31)20-7-5-4-6-8-20)15-21(28)27(23)19-11-9-18(24)10-12-19/h4-12,17H,13-16H2,1-3H3,(H,25,29). The molecule has 2 aromatic carbocycles. The van der Waals surface area contributed by atoms with Crippen LogP contribution in [-0.2, 0) is 19.6 Å². The second-order valence-corrected chi connectivity index (χ2v) is 10.9. The first-order chi connectivity index (χ1) is 15.1. The number of halogens is 1. The van der Waals surface area contributed by atoms with Gasteiger partial charge < -0.3 is 5.32 Å². The smallest absolute Gasteiger partial charge is 0.247 e. The Kier molecular flexibility index (Phi) is 7.27. The number of hydrogen-bond acceptors (Lipinski definition) is 4. The predicted octanol–water partition coefficient (Wildman–Crippen LogP) is 3.30. The molecule has 1 heterocycles. The summed E-state index contributed by atoms with van der Waals surface area (Å²) in [5.74, 6) is -0.507. The van der Waals surface area contributed by atoms with Crippen LogP contribution in [0.15, 0.2) is 59.5 Å². The van der Waals surface area contributed by atoms with Gasteiger partial charge in [-0.25, -0.2) is 8.42 Å². The van der Waals surface area contributed by atoms with Crippen molar-refractivity contribution >= 4 is 39.1 Å². The number of sulfonamides is 1. The van der Waals surface area contributed by atoms with Crippen LogP contribution in [0.3, 0.4) is 0 Å². The molecule has 2 aromatic rings. The minimum Gasteiger partial charge on any atom is -0.354 e. The number of carbonyl (C=O) groups excluding carboxylic acids is 2. The van der Waals surface area contributed by atoms with Crippen LogP contribution in [0.25, 0.3) is 0 Å². The number of benzene rings is 2. The highest BCUT2D eigenvalue weighted by Crippen LogP contribution is 2.32. The average Bonchev–Trinajstić information content (AvgIpc) is 2.75. The second-order valence-electron chi connectivity index (χ2n) is 8.50. The molecule has 1 aliphatic heterocycles. The molecule has 172 valence electrons. The maximum atomic E-state index is 13.4. The van der Waals surface area contributed by atoms with E-state index in [0.29, 0.717) is 23.2 Å². The van der Waals surface area contributed by atoms with E-state index in [1.165, 1.54) is 17.0 Å². The van der Waals surface area contributed by atoms with Gasteiger partial charge in [0, 0.05) is 23.8 Å². The number of nitrogens with one attached hydrogen (secondary N) is 1. The summed E-state index contributed by atoms with van der Waals surface area (Å²) in [6.45, 7) is 5.58. The van der Waals surface area contributed by atoms with E-state index in [0.717, 1.165) is 10.7 Å². The maximum Gasteiger partial charge on any atom is 0.247 e. The molecular weight excluding hydrogens is 450 g/mol. The number of amides is 2. The van der Waals surface area contributed by atoms with Crippen molar-refractivity contribution in [3.8, 4) is 0 Å². The lowest BCUT2D eigenvalue weighted by molar-refractivity contribution is -0.132. The Bertz CT molecular complexity index is 1070. The van der Waals surface area contributed by atoms with Crippen molar-refractivity contribution in [2.24, 2.45) is 5.92 Å². The van der Waals surface area contributed by atoms with Crippen molar-refractivity contribution in [2.45, 2.75) is 37.6 Å². The molecule has 0 spiro atoms. The van der Waals surface area contributed by atoms with Crippen LogP contribution >= 0.6 is 11.6 Å². The highest BCUT2D eigenvalue weighted by Gasteiger charge is 2.51. The molecule has 1 atom stereocenters. The predicted molar refractivity (Wildman–Crippen MR) is 125 cm³/mol. The van der Waals surface area contributed by atoms with Crippen LogP contribution in [-0.4, -0.2) is 49.7 Å². The fourth-order valence-electron chi connectivity index (χ4n) is 3.74. The molecule has 0 radical (unpaired) electrons. The molecule has 32 heavy (non-hydrogen) atoms. The zero-order chi connectivity index (χ0) is 23.5. The van der Waals surface area contributed by atoms with Gasteiger partial charge in [0.25, 0.3) is 0 Å². The van der Waals surface area contributed by atoms with E-state index in [9.17, 15) is 18.0 Å². The van der Waals surface area contributed by atoms with Gasteiger partial charge in [0.05, 0.1) is 11.4 Å². The fourth-order valence-corrected chi connectivity index (χ4v) is 5.36. The molecule has 1 unspecified atom stereocenters. The summed E-state index contributed by atoms with van der Waals surface area (Å²) < 4.78 is 27.6. The van der Waals surface area contributed by atoms with Crippen molar-refractivity contribution < 1.29 is 18.0 Å². The Labute approximate surface area is 194 Å².